The second kappa shape index (κ2) is 8.23. The van der Waals surface area contributed by atoms with Crippen molar-refractivity contribution in [3.63, 3.8) is 0 Å². The molecule has 2 rings (SSSR count). The van der Waals surface area contributed by atoms with Gasteiger partial charge in [-0.1, -0.05) is 12.1 Å². The van der Waals surface area contributed by atoms with Gasteiger partial charge in [-0.2, -0.15) is 13.2 Å². The molecule has 150 valence electrons. The normalized spacial score (nSPS) is 29.4. The van der Waals surface area contributed by atoms with Gasteiger partial charge in [0, 0.05) is 0 Å². The van der Waals surface area contributed by atoms with Crippen LogP contribution in [0.25, 0.3) is 6.08 Å². The van der Waals surface area contributed by atoms with Gasteiger partial charge in [0.1, 0.15) is 24.4 Å². The topological polar surface area (TPSA) is 137 Å². The molecule has 0 aromatic heterocycles. The second-order valence-electron chi connectivity index (χ2n) is 5.75. The summed E-state index contributed by atoms with van der Waals surface area (Å²) < 4.78 is 48.2. The molecule has 1 aliphatic heterocycles. The van der Waals surface area contributed by atoms with Crippen molar-refractivity contribution in [2.45, 2.75) is 36.9 Å². The molecule has 0 spiro atoms. The highest BCUT2D eigenvalue weighted by molar-refractivity contribution is 5.89. The zero-order chi connectivity index (χ0) is 20.4. The van der Waals surface area contributed by atoms with Gasteiger partial charge in [-0.25, -0.2) is 4.79 Å². The van der Waals surface area contributed by atoms with Crippen LogP contribution in [0.15, 0.2) is 30.0 Å². The van der Waals surface area contributed by atoms with E-state index in [1.54, 1.807) is 0 Å². The molecule has 1 saturated heterocycles. The Hall–Kier alpha value is -2.18. The lowest BCUT2D eigenvalue weighted by Crippen LogP contribution is -2.59. The van der Waals surface area contributed by atoms with E-state index in [0.717, 1.165) is 18.2 Å². The summed E-state index contributed by atoms with van der Waals surface area (Å²) in [6.45, 7) is -0.759. The van der Waals surface area contributed by atoms with Crippen molar-refractivity contribution in [1.29, 1.82) is 0 Å². The maximum atomic E-state index is 12.8. The van der Waals surface area contributed by atoms with Crippen molar-refractivity contribution < 1.29 is 53.0 Å². The Balaban J connectivity index is 2.28. The molecule has 5 N–H and O–H groups in total. The SMILES string of the molecule is O=C(O)C(=Cc1cccc(C(F)(F)F)c1)OC1OC(CO)C(O)C(O)C1O. The molecule has 27 heavy (non-hydrogen) atoms. The number of benzene rings is 1. The van der Waals surface area contributed by atoms with Crippen LogP contribution in [0.4, 0.5) is 13.2 Å². The first-order valence-electron chi connectivity index (χ1n) is 7.64. The smallest absolute Gasteiger partial charge is 0.416 e. The molecule has 11 heteroatoms. The Bertz CT molecular complexity index is 703. The summed E-state index contributed by atoms with van der Waals surface area (Å²) in [7, 11) is 0. The highest BCUT2D eigenvalue weighted by Gasteiger charge is 2.45. The first-order chi connectivity index (χ1) is 12.5. The van der Waals surface area contributed by atoms with E-state index < -0.39 is 60.8 Å². The van der Waals surface area contributed by atoms with Crippen LogP contribution in [-0.2, 0) is 20.4 Å². The minimum Gasteiger partial charge on any atom is -0.475 e. The molecular weight excluding hydrogens is 377 g/mol. The highest BCUT2D eigenvalue weighted by atomic mass is 19.4. The molecule has 1 aromatic rings. The van der Waals surface area contributed by atoms with Crippen LogP contribution in [0.2, 0.25) is 0 Å². The van der Waals surface area contributed by atoms with E-state index >= 15 is 0 Å². The molecule has 0 amide bonds. The van der Waals surface area contributed by atoms with E-state index in [0.29, 0.717) is 6.07 Å². The van der Waals surface area contributed by atoms with Gasteiger partial charge in [0.2, 0.25) is 12.0 Å². The van der Waals surface area contributed by atoms with Gasteiger partial charge >= 0.3 is 12.1 Å². The number of carbonyl (C=O) groups is 1. The number of aliphatic hydroxyl groups is 4. The van der Waals surface area contributed by atoms with Crippen molar-refractivity contribution in [2.75, 3.05) is 6.61 Å². The number of carboxylic acid groups (broad SMARTS) is 1. The molecule has 0 aliphatic carbocycles. The van der Waals surface area contributed by atoms with Crippen LogP contribution in [0.1, 0.15) is 11.1 Å². The lowest BCUT2D eigenvalue weighted by Gasteiger charge is -2.39. The fourth-order valence-electron chi connectivity index (χ4n) is 2.39. The number of carboxylic acids is 1. The Kier molecular flexibility index (Phi) is 6.44. The standard InChI is InChI=1S/C16H17F3O8/c17-16(18,19)8-3-1-2-7(4-8)5-9(14(24)25)26-15-13(23)12(22)11(21)10(6-20)27-15/h1-5,10-13,15,20-23H,6H2,(H,24,25). The molecule has 0 saturated carbocycles. The average Bonchev–Trinajstić information content (AvgIpc) is 2.60. The highest BCUT2D eigenvalue weighted by Crippen LogP contribution is 2.30. The van der Waals surface area contributed by atoms with Gasteiger partial charge in [0.05, 0.1) is 12.2 Å². The van der Waals surface area contributed by atoms with E-state index in [-0.39, 0.29) is 5.56 Å². The third kappa shape index (κ3) is 4.96. The van der Waals surface area contributed by atoms with Crippen molar-refractivity contribution in [2.24, 2.45) is 0 Å². The maximum Gasteiger partial charge on any atom is 0.416 e. The zero-order valence-electron chi connectivity index (χ0n) is 13.6. The van der Waals surface area contributed by atoms with Crippen molar-refractivity contribution >= 4 is 12.0 Å². The number of alkyl halides is 3. The predicted octanol–water partition coefficient (Wildman–Crippen LogP) is -0.0526. The van der Waals surface area contributed by atoms with E-state index in [4.69, 9.17) is 14.6 Å². The first kappa shape index (κ1) is 21.1. The van der Waals surface area contributed by atoms with Gasteiger partial charge in [-0.15, -0.1) is 0 Å². The van der Waals surface area contributed by atoms with Gasteiger partial charge in [0.25, 0.3) is 0 Å². The Morgan fingerprint density at radius 2 is 1.85 bits per heavy atom. The van der Waals surface area contributed by atoms with Gasteiger partial charge in [-0.05, 0) is 23.8 Å². The summed E-state index contributed by atoms with van der Waals surface area (Å²) in [5.41, 5.74) is -1.15. The number of hydrogen-bond acceptors (Lipinski definition) is 7. The molecule has 1 aromatic carbocycles. The number of hydrogen-bond donors (Lipinski definition) is 5. The summed E-state index contributed by atoms with van der Waals surface area (Å²) >= 11 is 0. The molecule has 1 fully saturated rings. The summed E-state index contributed by atoms with van der Waals surface area (Å²) in [5, 5.41) is 47.5. The summed E-state index contributed by atoms with van der Waals surface area (Å²) in [4.78, 5) is 11.3. The van der Waals surface area contributed by atoms with E-state index in [1.165, 1.54) is 6.07 Å². The molecule has 5 unspecified atom stereocenters. The minimum absolute atomic E-state index is 0.146. The quantitative estimate of drug-likeness (QED) is 0.346. The van der Waals surface area contributed by atoms with Crippen LogP contribution in [0, 0.1) is 0 Å². The first-order valence-corrected chi connectivity index (χ1v) is 7.64. The summed E-state index contributed by atoms with van der Waals surface area (Å²) in [5.74, 6) is -2.55. The van der Waals surface area contributed by atoms with E-state index in [1.807, 2.05) is 0 Å². The Labute approximate surface area is 150 Å². The van der Waals surface area contributed by atoms with E-state index in [2.05, 4.69) is 0 Å². The molecule has 5 atom stereocenters. The second-order valence-corrected chi connectivity index (χ2v) is 5.75. The number of ether oxygens (including phenoxy) is 2. The van der Waals surface area contributed by atoms with Crippen LogP contribution in [0.5, 0.6) is 0 Å². The molecule has 1 heterocycles. The molecule has 0 bridgehead atoms. The zero-order valence-corrected chi connectivity index (χ0v) is 13.6. The molecule has 1 aliphatic rings. The lowest BCUT2D eigenvalue weighted by molar-refractivity contribution is -0.291. The lowest BCUT2D eigenvalue weighted by atomic mass is 9.99. The molecular formula is C16H17F3O8. The van der Waals surface area contributed by atoms with Gasteiger partial charge < -0.3 is 35.0 Å². The third-order valence-electron chi connectivity index (χ3n) is 3.81. The fraction of sp³-hybridized carbons (Fsp3) is 0.438. The molecule has 0 radical (unpaired) electrons. The minimum atomic E-state index is -4.63. The largest absolute Gasteiger partial charge is 0.475 e. The average molecular weight is 394 g/mol. The third-order valence-corrected chi connectivity index (χ3v) is 3.81. The maximum absolute atomic E-state index is 12.8. The van der Waals surface area contributed by atoms with Gasteiger partial charge in [-0.3, -0.25) is 0 Å². The monoisotopic (exact) mass is 394 g/mol. The fourth-order valence-corrected chi connectivity index (χ4v) is 2.39. The van der Waals surface area contributed by atoms with Gasteiger partial charge in [0.15, 0.2) is 0 Å². The van der Waals surface area contributed by atoms with Crippen LogP contribution < -0.4 is 0 Å². The number of aliphatic carboxylic acids is 1. The van der Waals surface area contributed by atoms with Crippen LogP contribution in [-0.4, -0.2) is 68.8 Å². The summed E-state index contributed by atoms with van der Waals surface area (Å²) in [6.07, 6.45) is -12.3. The summed E-state index contributed by atoms with van der Waals surface area (Å²) in [6, 6.07) is 3.77. The molecule has 8 nitrogen and oxygen atoms in total. The number of aliphatic hydroxyl groups excluding tert-OH is 4. The Morgan fingerprint density at radius 1 is 1.19 bits per heavy atom. The predicted molar refractivity (Wildman–Crippen MR) is 81.9 cm³/mol. The van der Waals surface area contributed by atoms with Crippen molar-refractivity contribution in [1.82, 2.24) is 0 Å². The van der Waals surface area contributed by atoms with Crippen LogP contribution in [0.3, 0.4) is 0 Å². The van der Waals surface area contributed by atoms with Crippen molar-refractivity contribution in [3.8, 4) is 0 Å². The van der Waals surface area contributed by atoms with Crippen molar-refractivity contribution in [3.05, 3.63) is 41.2 Å². The number of rotatable bonds is 5. The number of halogens is 3. The van der Waals surface area contributed by atoms with E-state index in [9.17, 15) is 38.4 Å². The van der Waals surface area contributed by atoms with Crippen LogP contribution >= 0.6 is 0 Å². The Morgan fingerprint density at radius 3 is 2.41 bits per heavy atom.